The fourth-order valence-electron chi connectivity index (χ4n) is 4.66. The maximum atomic E-state index is 13.5. The maximum Gasteiger partial charge on any atom is 0.272 e. The highest BCUT2D eigenvalue weighted by Crippen LogP contribution is 2.37. The monoisotopic (exact) mass is 676 g/mol. The molecule has 0 saturated carbocycles. The van der Waals surface area contributed by atoms with E-state index >= 15 is 0 Å². The normalized spacial score (nSPS) is 12.1. The molecular formula is C37H32N4O5S2. The third-order valence-corrected chi connectivity index (χ3v) is 9.23. The van der Waals surface area contributed by atoms with Crippen molar-refractivity contribution in [1.29, 1.82) is 0 Å². The molecule has 0 aliphatic heterocycles. The van der Waals surface area contributed by atoms with Gasteiger partial charge in [0.2, 0.25) is 15.9 Å². The van der Waals surface area contributed by atoms with Crippen LogP contribution in [0.1, 0.15) is 32.3 Å². The van der Waals surface area contributed by atoms with E-state index < -0.39 is 27.1 Å². The molecule has 9 nitrogen and oxygen atoms in total. The number of rotatable bonds is 11. The van der Waals surface area contributed by atoms with Crippen molar-refractivity contribution in [2.45, 2.75) is 22.0 Å². The number of hydrogen-bond acceptors (Lipinski definition) is 6. The zero-order chi connectivity index (χ0) is 34.1. The molecule has 0 radical (unpaired) electrons. The van der Waals surface area contributed by atoms with E-state index in [9.17, 15) is 22.8 Å². The molecule has 1 atom stereocenters. The summed E-state index contributed by atoms with van der Waals surface area (Å²) in [4.78, 5) is 40.6. The molecule has 242 valence electrons. The first-order chi connectivity index (χ1) is 23.0. The first-order valence-electron chi connectivity index (χ1n) is 14.8. The molecule has 0 aliphatic carbocycles. The van der Waals surface area contributed by atoms with Crippen molar-refractivity contribution in [3.05, 3.63) is 161 Å². The largest absolute Gasteiger partial charge is 0.325 e. The lowest BCUT2D eigenvalue weighted by Crippen LogP contribution is -2.30. The fraction of sp³-hybridized carbons (Fsp3) is 0.0541. The van der Waals surface area contributed by atoms with Gasteiger partial charge in [-0.05, 0) is 84.8 Å². The Bertz CT molecular complexity index is 2050. The Morgan fingerprint density at radius 2 is 1.33 bits per heavy atom. The lowest BCUT2D eigenvalue weighted by atomic mass is 10.1. The van der Waals surface area contributed by atoms with E-state index in [-0.39, 0.29) is 16.5 Å². The molecule has 1 unspecified atom stereocenters. The van der Waals surface area contributed by atoms with Crippen molar-refractivity contribution < 1.29 is 22.8 Å². The molecule has 0 heterocycles. The second-order valence-electron chi connectivity index (χ2n) is 10.7. The summed E-state index contributed by atoms with van der Waals surface area (Å²) in [5.74, 6) is -1.23. The van der Waals surface area contributed by atoms with Crippen molar-refractivity contribution in [2.24, 2.45) is 5.14 Å². The summed E-state index contributed by atoms with van der Waals surface area (Å²) in [6.07, 6.45) is 1.62. The zero-order valence-electron chi connectivity index (χ0n) is 25.8. The molecule has 0 fully saturated rings. The van der Waals surface area contributed by atoms with Gasteiger partial charge in [-0.1, -0.05) is 78.4 Å². The van der Waals surface area contributed by atoms with Crippen molar-refractivity contribution in [2.75, 3.05) is 10.6 Å². The number of nitrogens with one attached hydrogen (secondary N) is 3. The van der Waals surface area contributed by atoms with Crippen molar-refractivity contribution in [3.8, 4) is 0 Å². The number of carbonyl (C=O) groups excluding carboxylic acids is 3. The van der Waals surface area contributed by atoms with Crippen LogP contribution in [-0.2, 0) is 19.6 Å². The van der Waals surface area contributed by atoms with Crippen LogP contribution in [0, 0.1) is 6.92 Å². The summed E-state index contributed by atoms with van der Waals surface area (Å²) in [5, 5.41) is 13.0. The second kappa shape index (κ2) is 15.4. The molecule has 11 heteroatoms. The number of primary sulfonamides is 1. The number of hydrogen-bond donors (Lipinski definition) is 4. The number of amides is 3. The van der Waals surface area contributed by atoms with Gasteiger partial charge in [-0.3, -0.25) is 14.4 Å². The van der Waals surface area contributed by atoms with Gasteiger partial charge in [0.15, 0.2) is 0 Å². The number of aryl methyl sites for hydroxylation is 1. The first-order valence-corrected chi connectivity index (χ1v) is 17.2. The van der Waals surface area contributed by atoms with Gasteiger partial charge in [-0.15, -0.1) is 11.8 Å². The van der Waals surface area contributed by atoms with Crippen LogP contribution in [0.4, 0.5) is 11.4 Å². The minimum Gasteiger partial charge on any atom is -0.325 e. The predicted octanol–water partition coefficient (Wildman–Crippen LogP) is 6.52. The Kier molecular flexibility index (Phi) is 10.9. The molecule has 5 aromatic rings. The van der Waals surface area contributed by atoms with Crippen molar-refractivity contribution >= 4 is 57.0 Å². The number of thioether (sulfide) groups is 1. The molecule has 3 amide bonds. The van der Waals surface area contributed by atoms with Crippen LogP contribution < -0.4 is 21.1 Å². The Labute approximate surface area is 283 Å². The van der Waals surface area contributed by atoms with Crippen LogP contribution in [0.5, 0.6) is 0 Å². The van der Waals surface area contributed by atoms with Gasteiger partial charge in [0.25, 0.3) is 11.8 Å². The smallest absolute Gasteiger partial charge is 0.272 e. The van der Waals surface area contributed by atoms with Gasteiger partial charge < -0.3 is 16.0 Å². The van der Waals surface area contributed by atoms with Gasteiger partial charge >= 0.3 is 0 Å². The third-order valence-electron chi connectivity index (χ3n) is 7.04. The average Bonchev–Trinajstić information content (AvgIpc) is 3.08. The second-order valence-corrected chi connectivity index (χ2v) is 13.5. The Morgan fingerprint density at radius 1 is 0.729 bits per heavy atom. The fourth-order valence-corrected chi connectivity index (χ4v) is 6.20. The standard InChI is InChI=1S/C37H32N4O5S2/c1-25-9-8-10-26(23-25)24-33(41-35(42)28-13-6-3-7-14-28)36(43)39-29-15-19-31(20-16-29)47-34(27-11-4-2-5-12-27)37(44)40-30-17-21-32(22-18-30)48(38,45)46/h2-24,34H,1H3,(H,39,43)(H,40,44)(H,41,42)(H2,38,45,46)/b33-24-. The number of anilines is 2. The maximum absolute atomic E-state index is 13.5. The highest BCUT2D eigenvalue weighted by atomic mass is 32.2. The van der Waals surface area contributed by atoms with Crippen molar-refractivity contribution in [3.63, 3.8) is 0 Å². The van der Waals surface area contributed by atoms with E-state index in [0.29, 0.717) is 16.9 Å². The van der Waals surface area contributed by atoms with Crippen LogP contribution >= 0.6 is 11.8 Å². The number of nitrogens with two attached hydrogens (primary N) is 1. The van der Waals surface area contributed by atoms with Crippen LogP contribution in [-0.4, -0.2) is 26.1 Å². The summed E-state index contributed by atoms with van der Waals surface area (Å²) in [5.41, 5.74) is 3.92. The summed E-state index contributed by atoms with van der Waals surface area (Å²) in [6, 6.07) is 38.1. The molecule has 0 aromatic heterocycles. The molecule has 5 rings (SSSR count). The number of benzene rings is 5. The van der Waals surface area contributed by atoms with Crippen LogP contribution in [0.25, 0.3) is 6.08 Å². The van der Waals surface area contributed by atoms with E-state index in [4.69, 9.17) is 5.14 Å². The van der Waals surface area contributed by atoms with E-state index in [1.807, 2.05) is 61.5 Å². The molecule has 5 aromatic carbocycles. The van der Waals surface area contributed by atoms with E-state index in [1.165, 1.54) is 36.0 Å². The molecule has 0 spiro atoms. The lowest BCUT2D eigenvalue weighted by Gasteiger charge is -2.18. The van der Waals surface area contributed by atoms with Gasteiger partial charge in [0.1, 0.15) is 10.9 Å². The molecule has 0 aliphatic rings. The number of carbonyl (C=O) groups is 3. The Balaban J connectivity index is 1.32. The highest BCUT2D eigenvalue weighted by Gasteiger charge is 2.23. The van der Waals surface area contributed by atoms with Crippen LogP contribution in [0.2, 0.25) is 0 Å². The average molecular weight is 677 g/mol. The molecule has 0 saturated heterocycles. The Morgan fingerprint density at radius 3 is 1.96 bits per heavy atom. The molecule has 5 N–H and O–H groups in total. The quantitative estimate of drug-likeness (QED) is 0.0925. The Hall–Kier alpha value is -5.49. The summed E-state index contributed by atoms with van der Waals surface area (Å²) in [6.45, 7) is 1.94. The van der Waals surface area contributed by atoms with E-state index in [0.717, 1.165) is 21.6 Å². The topological polar surface area (TPSA) is 147 Å². The molecule has 0 bridgehead atoms. The lowest BCUT2D eigenvalue weighted by molar-refractivity contribution is -0.116. The highest BCUT2D eigenvalue weighted by molar-refractivity contribution is 8.00. The predicted molar refractivity (Wildman–Crippen MR) is 190 cm³/mol. The minimum atomic E-state index is -3.86. The van der Waals surface area contributed by atoms with Gasteiger partial charge in [-0.2, -0.15) is 0 Å². The summed E-state index contributed by atoms with van der Waals surface area (Å²) < 4.78 is 23.2. The van der Waals surface area contributed by atoms with E-state index in [1.54, 1.807) is 60.7 Å². The minimum absolute atomic E-state index is 0.0574. The van der Waals surface area contributed by atoms with Crippen LogP contribution in [0.3, 0.4) is 0 Å². The van der Waals surface area contributed by atoms with Crippen LogP contribution in [0.15, 0.2) is 149 Å². The zero-order valence-corrected chi connectivity index (χ0v) is 27.4. The SMILES string of the molecule is Cc1cccc(/C=C(\NC(=O)c2ccccc2)C(=O)Nc2ccc(SC(C(=O)Nc3ccc(S(N)(=O)=O)cc3)c3ccccc3)cc2)c1. The van der Waals surface area contributed by atoms with E-state index in [2.05, 4.69) is 16.0 Å². The van der Waals surface area contributed by atoms with Gasteiger partial charge in [-0.25, -0.2) is 13.6 Å². The van der Waals surface area contributed by atoms with Gasteiger partial charge in [0.05, 0.1) is 4.90 Å². The van der Waals surface area contributed by atoms with Crippen molar-refractivity contribution in [1.82, 2.24) is 5.32 Å². The molecular weight excluding hydrogens is 645 g/mol. The van der Waals surface area contributed by atoms with Gasteiger partial charge in [0, 0.05) is 21.8 Å². The summed E-state index contributed by atoms with van der Waals surface area (Å²) in [7, 11) is -3.86. The first kappa shape index (κ1) is 33.9. The number of sulfonamides is 1. The molecule has 48 heavy (non-hydrogen) atoms. The third kappa shape index (κ3) is 9.29. The summed E-state index contributed by atoms with van der Waals surface area (Å²) >= 11 is 1.31.